The summed E-state index contributed by atoms with van der Waals surface area (Å²) >= 11 is 0. The fraction of sp³-hybridized carbons (Fsp3) is 0.394. The molecule has 0 aromatic heterocycles. The monoisotopic (exact) mass is 482 g/mol. The van der Waals surface area contributed by atoms with E-state index < -0.39 is 8.07 Å². The summed E-state index contributed by atoms with van der Waals surface area (Å²) in [7, 11) is -1.37. The summed E-state index contributed by atoms with van der Waals surface area (Å²) < 4.78 is 13.3. The second-order valence-electron chi connectivity index (χ2n) is 11.1. The maximum atomic E-state index is 13.3. The normalized spacial score (nSPS) is 24.3. The van der Waals surface area contributed by atoms with Crippen LogP contribution in [0.4, 0.5) is 4.39 Å². The van der Waals surface area contributed by atoms with Crippen LogP contribution in [0.25, 0.3) is 16.7 Å². The molecule has 0 radical (unpaired) electrons. The number of halogens is 1. The van der Waals surface area contributed by atoms with Crippen molar-refractivity contribution in [2.24, 2.45) is 5.41 Å². The molecule has 1 aliphatic carbocycles. The molecule has 0 atom stereocenters. The van der Waals surface area contributed by atoms with Crippen LogP contribution < -0.4 is 5.19 Å². The molecule has 1 aliphatic heterocycles. The van der Waals surface area contributed by atoms with E-state index in [4.69, 9.17) is 0 Å². The van der Waals surface area contributed by atoms with Crippen molar-refractivity contribution < 1.29 is 4.39 Å². The molecule has 0 amide bonds. The summed E-state index contributed by atoms with van der Waals surface area (Å²) in [6.07, 6.45) is 13.3. The van der Waals surface area contributed by atoms with Gasteiger partial charge in [-0.05, 0) is 71.9 Å². The zero-order valence-corrected chi connectivity index (χ0v) is 22.2. The molecule has 1 saturated heterocycles. The highest BCUT2D eigenvalue weighted by Crippen LogP contribution is 2.51. The highest BCUT2D eigenvalue weighted by Gasteiger charge is 2.44. The van der Waals surface area contributed by atoms with E-state index in [9.17, 15) is 4.39 Å². The number of allylic oxidation sites excluding steroid dienone is 2. The molecule has 35 heavy (non-hydrogen) atoms. The first-order valence-corrected chi connectivity index (χ1v) is 16.3. The van der Waals surface area contributed by atoms with E-state index in [0.717, 1.165) is 11.1 Å². The smallest absolute Gasteiger partial charge is 0.123 e. The van der Waals surface area contributed by atoms with Crippen LogP contribution in [0.15, 0.2) is 84.9 Å². The average molecular weight is 483 g/mol. The SMILES string of the molecule is CCCCC[Si]1(c2ccccc2)CCC2(CC=C(c3ccc(-c4ccc(F)cc4)cc3)CC2)CC1. The maximum absolute atomic E-state index is 13.3. The van der Waals surface area contributed by atoms with Crippen molar-refractivity contribution >= 4 is 18.8 Å². The Bertz CT molecular complexity index is 1120. The lowest BCUT2D eigenvalue weighted by atomic mass is 9.70. The Morgan fingerprint density at radius 2 is 1.37 bits per heavy atom. The second-order valence-corrected chi connectivity index (χ2v) is 15.8. The quantitative estimate of drug-likeness (QED) is 0.232. The van der Waals surface area contributed by atoms with E-state index in [1.807, 2.05) is 12.1 Å². The summed E-state index contributed by atoms with van der Waals surface area (Å²) in [5.41, 5.74) is 5.63. The standard InChI is InChI=1S/C33H39FSi/c1-2-3-7-24-35(32-8-5-4-6-9-32)25-22-33(23-26-35)20-18-30(19-21-33)28-12-10-27(11-13-28)29-14-16-31(34)17-15-29/h4-6,8-18H,2-3,7,19-26H2,1H3. The Balaban J connectivity index is 1.26. The average Bonchev–Trinajstić information content (AvgIpc) is 2.92. The van der Waals surface area contributed by atoms with Crippen LogP contribution in [0.2, 0.25) is 18.1 Å². The molecule has 5 rings (SSSR count). The Hall–Kier alpha value is -2.45. The van der Waals surface area contributed by atoms with Crippen LogP contribution in [0.3, 0.4) is 0 Å². The third-order valence-electron chi connectivity index (χ3n) is 9.05. The summed E-state index contributed by atoms with van der Waals surface area (Å²) in [4.78, 5) is 0. The Kier molecular flexibility index (Phi) is 7.39. The van der Waals surface area contributed by atoms with Gasteiger partial charge < -0.3 is 0 Å². The van der Waals surface area contributed by atoms with Crippen LogP contribution in [-0.2, 0) is 0 Å². The molecular weight excluding hydrogens is 443 g/mol. The molecule has 1 heterocycles. The van der Waals surface area contributed by atoms with Gasteiger partial charge in [0.05, 0.1) is 8.07 Å². The molecule has 1 fully saturated rings. The lowest BCUT2D eigenvalue weighted by Gasteiger charge is -2.47. The predicted molar refractivity (Wildman–Crippen MR) is 151 cm³/mol. The van der Waals surface area contributed by atoms with E-state index in [0.29, 0.717) is 5.41 Å². The van der Waals surface area contributed by atoms with E-state index >= 15 is 0 Å². The molecule has 0 saturated carbocycles. The number of unbranched alkanes of at least 4 members (excludes halogenated alkanes) is 2. The molecule has 3 aromatic carbocycles. The first-order valence-electron chi connectivity index (χ1n) is 13.7. The zero-order valence-electron chi connectivity index (χ0n) is 21.2. The van der Waals surface area contributed by atoms with Gasteiger partial charge in [-0.1, -0.05) is 122 Å². The topological polar surface area (TPSA) is 0 Å². The van der Waals surface area contributed by atoms with Gasteiger partial charge in [0.25, 0.3) is 0 Å². The molecule has 3 aromatic rings. The molecule has 2 heteroatoms. The van der Waals surface area contributed by atoms with Gasteiger partial charge in [-0.15, -0.1) is 0 Å². The highest BCUT2D eigenvalue weighted by molar-refractivity contribution is 6.92. The third-order valence-corrected chi connectivity index (χ3v) is 14.3. The van der Waals surface area contributed by atoms with Crippen molar-refractivity contribution in [3.8, 4) is 11.1 Å². The largest absolute Gasteiger partial charge is 0.207 e. The minimum absolute atomic E-state index is 0.181. The summed E-state index contributed by atoms with van der Waals surface area (Å²) in [6, 6.07) is 31.7. The van der Waals surface area contributed by atoms with Crippen LogP contribution in [0, 0.1) is 11.2 Å². The van der Waals surface area contributed by atoms with E-state index in [-0.39, 0.29) is 5.82 Å². The van der Waals surface area contributed by atoms with Crippen molar-refractivity contribution in [1.29, 1.82) is 0 Å². The summed E-state index contributed by atoms with van der Waals surface area (Å²) in [5.74, 6) is -0.181. The molecule has 1 spiro atoms. The zero-order chi connectivity index (χ0) is 24.1. The van der Waals surface area contributed by atoms with Crippen LogP contribution in [-0.4, -0.2) is 8.07 Å². The van der Waals surface area contributed by atoms with Gasteiger partial charge in [0, 0.05) is 0 Å². The molecular formula is C33H39FSi. The number of rotatable bonds is 7. The van der Waals surface area contributed by atoms with Gasteiger partial charge in [-0.25, -0.2) is 4.39 Å². The first kappa shape index (κ1) is 24.3. The first-order chi connectivity index (χ1) is 17.1. The molecule has 0 bridgehead atoms. The molecule has 182 valence electrons. The van der Waals surface area contributed by atoms with Gasteiger partial charge in [-0.2, -0.15) is 0 Å². The fourth-order valence-electron chi connectivity index (χ4n) is 6.63. The predicted octanol–water partition coefficient (Wildman–Crippen LogP) is 9.39. The Labute approximate surface area is 212 Å². The minimum atomic E-state index is -1.37. The van der Waals surface area contributed by atoms with Crippen LogP contribution in [0.5, 0.6) is 0 Å². The second kappa shape index (κ2) is 10.7. The van der Waals surface area contributed by atoms with Crippen LogP contribution >= 0.6 is 0 Å². The van der Waals surface area contributed by atoms with Gasteiger partial charge in [0.2, 0.25) is 0 Å². The van der Waals surface area contributed by atoms with Crippen molar-refractivity contribution in [3.63, 3.8) is 0 Å². The van der Waals surface area contributed by atoms with Crippen molar-refractivity contribution in [3.05, 3.63) is 96.3 Å². The van der Waals surface area contributed by atoms with Gasteiger partial charge in [-0.3, -0.25) is 0 Å². The van der Waals surface area contributed by atoms with Gasteiger partial charge in [0.1, 0.15) is 5.82 Å². The summed E-state index contributed by atoms with van der Waals surface area (Å²) in [5, 5.41) is 1.72. The summed E-state index contributed by atoms with van der Waals surface area (Å²) in [6.45, 7) is 2.33. The van der Waals surface area contributed by atoms with E-state index in [2.05, 4.69) is 67.6 Å². The number of hydrogen-bond acceptors (Lipinski definition) is 0. The van der Waals surface area contributed by atoms with Gasteiger partial charge >= 0.3 is 0 Å². The van der Waals surface area contributed by atoms with E-state index in [1.165, 1.54) is 92.8 Å². The van der Waals surface area contributed by atoms with Crippen molar-refractivity contribution in [2.75, 3.05) is 0 Å². The fourth-order valence-corrected chi connectivity index (χ4v) is 12.1. The Morgan fingerprint density at radius 1 is 0.743 bits per heavy atom. The number of hydrogen-bond donors (Lipinski definition) is 0. The van der Waals surface area contributed by atoms with E-state index in [1.54, 1.807) is 5.19 Å². The molecule has 2 aliphatic rings. The van der Waals surface area contributed by atoms with Gasteiger partial charge in [0.15, 0.2) is 0 Å². The lowest BCUT2D eigenvalue weighted by Crippen LogP contribution is -2.52. The highest BCUT2D eigenvalue weighted by atomic mass is 28.3. The third kappa shape index (κ3) is 5.38. The Morgan fingerprint density at radius 3 is 1.97 bits per heavy atom. The minimum Gasteiger partial charge on any atom is -0.207 e. The molecule has 0 unspecified atom stereocenters. The van der Waals surface area contributed by atoms with Crippen molar-refractivity contribution in [2.45, 2.75) is 76.4 Å². The van der Waals surface area contributed by atoms with Crippen molar-refractivity contribution in [1.82, 2.24) is 0 Å². The lowest BCUT2D eigenvalue weighted by molar-refractivity contribution is 0.226. The maximum Gasteiger partial charge on any atom is 0.123 e. The molecule has 0 nitrogen and oxygen atoms in total. The number of benzene rings is 3. The van der Waals surface area contributed by atoms with Crippen LogP contribution in [0.1, 0.15) is 63.9 Å². The molecule has 0 N–H and O–H groups in total.